The Morgan fingerprint density at radius 2 is 2.16 bits per heavy atom. The van der Waals surface area contributed by atoms with Crippen molar-refractivity contribution in [3.8, 4) is 0 Å². The molecule has 1 unspecified atom stereocenters. The van der Waals surface area contributed by atoms with Gasteiger partial charge in [0.15, 0.2) is 5.13 Å². The van der Waals surface area contributed by atoms with Crippen molar-refractivity contribution in [1.29, 1.82) is 0 Å². The standard InChI is InChI=1S/C18H23N3O2S2/c1-18(2,3)14-11-25-17(19-14)20-16(23)13-7-4-8-21(13)15(22)10-12-6-5-9-24-12/h5-6,9,11,13H,4,7-8,10H2,1-3H3,(H,19,20,23). The minimum absolute atomic E-state index is 0.0228. The smallest absolute Gasteiger partial charge is 0.248 e. The third kappa shape index (κ3) is 4.27. The van der Waals surface area contributed by atoms with Gasteiger partial charge in [-0.2, -0.15) is 0 Å². The number of hydrogen-bond acceptors (Lipinski definition) is 5. The molecule has 1 aliphatic rings. The summed E-state index contributed by atoms with van der Waals surface area (Å²) in [4.78, 5) is 32.5. The van der Waals surface area contributed by atoms with Crippen LogP contribution in [0.3, 0.4) is 0 Å². The zero-order valence-corrected chi connectivity index (χ0v) is 16.4. The number of aromatic nitrogens is 1. The Labute approximate surface area is 156 Å². The maximum absolute atomic E-state index is 12.7. The van der Waals surface area contributed by atoms with E-state index in [1.54, 1.807) is 16.2 Å². The van der Waals surface area contributed by atoms with Crippen LogP contribution in [0.1, 0.15) is 44.2 Å². The lowest BCUT2D eigenvalue weighted by molar-refractivity contribution is -0.136. The van der Waals surface area contributed by atoms with Gasteiger partial charge in [-0.3, -0.25) is 9.59 Å². The number of anilines is 1. The number of carbonyl (C=O) groups is 2. The number of rotatable bonds is 4. The number of amides is 2. The van der Waals surface area contributed by atoms with Crippen LogP contribution in [0.4, 0.5) is 5.13 Å². The molecule has 0 radical (unpaired) electrons. The van der Waals surface area contributed by atoms with Gasteiger partial charge in [-0.05, 0) is 24.3 Å². The van der Waals surface area contributed by atoms with Gasteiger partial charge in [-0.1, -0.05) is 26.8 Å². The fourth-order valence-corrected chi connectivity index (χ4v) is 4.50. The molecule has 1 aliphatic heterocycles. The molecule has 3 heterocycles. The highest BCUT2D eigenvalue weighted by atomic mass is 32.1. The van der Waals surface area contributed by atoms with E-state index in [-0.39, 0.29) is 17.2 Å². The van der Waals surface area contributed by atoms with Gasteiger partial charge >= 0.3 is 0 Å². The first-order valence-corrected chi connectivity index (χ1v) is 10.2. The van der Waals surface area contributed by atoms with Gasteiger partial charge in [0.1, 0.15) is 6.04 Å². The van der Waals surface area contributed by atoms with E-state index in [0.717, 1.165) is 17.0 Å². The molecule has 0 saturated carbocycles. The Balaban J connectivity index is 1.64. The SMILES string of the molecule is CC(C)(C)c1csc(NC(=O)C2CCCN2C(=O)Cc2cccs2)n1. The van der Waals surface area contributed by atoms with E-state index in [1.807, 2.05) is 22.9 Å². The average molecular weight is 378 g/mol. The largest absolute Gasteiger partial charge is 0.330 e. The van der Waals surface area contributed by atoms with Gasteiger partial charge in [0, 0.05) is 22.2 Å². The Morgan fingerprint density at radius 3 is 2.80 bits per heavy atom. The molecule has 1 saturated heterocycles. The molecular formula is C18H23N3O2S2. The molecule has 25 heavy (non-hydrogen) atoms. The Hall–Kier alpha value is -1.73. The molecule has 134 valence electrons. The zero-order valence-electron chi connectivity index (χ0n) is 14.7. The van der Waals surface area contributed by atoms with Crippen LogP contribution >= 0.6 is 22.7 Å². The molecular weight excluding hydrogens is 354 g/mol. The first-order chi connectivity index (χ1) is 11.8. The molecule has 5 nitrogen and oxygen atoms in total. The molecule has 1 N–H and O–H groups in total. The monoisotopic (exact) mass is 377 g/mol. The van der Waals surface area contributed by atoms with Crippen LogP contribution < -0.4 is 5.32 Å². The van der Waals surface area contributed by atoms with Gasteiger partial charge < -0.3 is 10.2 Å². The summed E-state index contributed by atoms with van der Waals surface area (Å²) in [5.41, 5.74) is 0.917. The van der Waals surface area contributed by atoms with Crippen LogP contribution in [0.25, 0.3) is 0 Å². The summed E-state index contributed by atoms with van der Waals surface area (Å²) in [6.07, 6.45) is 1.94. The minimum Gasteiger partial charge on any atom is -0.330 e. The number of carbonyl (C=O) groups excluding carboxylic acids is 2. The summed E-state index contributed by atoms with van der Waals surface area (Å²) in [7, 11) is 0. The second-order valence-electron chi connectivity index (χ2n) is 7.28. The number of hydrogen-bond donors (Lipinski definition) is 1. The van der Waals surface area contributed by atoms with Crippen molar-refractivity contribution >= 4 is 39.6 Å². The number of likely N-dealkylation sites (tertiary alicyclic amines) is 1. The second kappa shape index (κ2) is 7.25. The molecule has 1 atom stereocenters. The molecule has 2 amide bonds. The summed E-state index contributed by atoms with van der Waals surface area (Å²) in [5, 5.41) is 7.44. The molecule has 0 bridgehead atoms. The topological polar surface area (TPSA) is 62.3 Å². The van der Waals surface area contributed by atoms with Crippen molar-refractivity contribution in [2.24, 2.45) is 0 Å². The number of thiophene rings is 1. The summed E-state index contributed by atoms with van der Waals surface area (Å²) in [6.45, 7) is 6.92. The average Bonchev–Trinajstić information content (AvgIpc) is 3.27. The van der Waals surface area contributed by atoms with Crippen LogP contribution in [0.5, 0.6) is 0 Å². The molecule has 2 aromatic heterocycles. The van der Waals surface area contributed by atoms with Crippen LogP contribution in [-0.4, -0.2) is 34.3 Å². The second-order valence-corrected chi connectivity index (χ2v) is 9.17. The third-order valence-corrected chi connectivity index (χ3v) is 5.92. The van der Waals surface area contributed by atoms with E-state index >= 15 is 0 Å². The van der Waals surface area contributed by atoms with Crippen LogP contribution in [0, 0.1) is 0 Å². The summed E-state index contributed by atoms with van der Waals surface area (Å²) < 4.78 is 0. The van der Waals surface area contributed by atoms with Crippen molar-refractivity contribution in [3.05, 3.63) is 33.5 Å². The van der Waals surface area contributed by atoms with E-state index in [0.29, 0.717) is 24.5 Å². The van der Waals surface area contributed by atoms with Gasteiger partial charge in [0.2, 0.25) is 11.8 Å². The molecule has 3 rings (SSSR count). The zero-order chi connectivity index (χ0) is 18.0. The highest BCUT2D eigenvalue weighted by Gasteiger charge is 2.34. The van der Waals surface area contributed by atoms with Crippen LogP contribution in [0.2, 0.25) is 0 Å². The Morgan fingerprint density at radius 1 is 1.36 bits per heavy atom. The Bertz CT molecular complexity index is 747. The molecule has 7 heteroatoms. The van der Waals surface area contributed by atoms with Gasteiger partial charge in [-0.25, -0.2) is 4.98 Å². The quantitative estimate of drug-likeness (QED) is 0.884. The molecule has 2 aromatic rings. The van der Waals surface area contributed by atoms with Crippen LogP contribution in [0.15, 0.2) is 22.9 Å². The first kappa shape index (κ1) is 18.1. The molecule has 0 aromatic carbocycles. The molecule has 0 spiro atoms. The third-order valence-electron chi connectivity index (χ3n) is 4.28. The summed E-state index contributed by atoms with van der Waals surface area (Å²) >= 11 is 3.00. The van der Waals surface area contributed by atoms with Crippen LogP contribution in [-0.2, 0) is 21.4 Å². The molecule has 1 fully saturated rings. The normalized spacial score (nSPS) is 17.7. The number of nitrogens with zero attached hydrogens (tertiary/aromatic N) is 2. The number of thiazole rings is 1. The lowest BCUT2D eigenvalue weighted by Crippen LogP contribution is -2.43. The summed E-state index contributed by atoms with van der Waals surface area (Å²) in [5.74, 6) is -0.110. The van der Waals surface area contributed by atoms with Crippen molar-refractivity contribution in [2.75, 3.05) is 11.9 Å². The van der Waals surface area contributed by atoms with E-state index in [1.165, 1.54) is 11.3 Å². The minimum atomic E-state index is -0.394. The fourth-order valence-electron chi connectivity index (χ4n) is 2.87. The predicted molar refractivity (Wildman–Crippen MR) is 102 cm³/mol. The van der Waals surface area contributed by atoms with E-state index in [9.17, 15) is 9.59 Å². The van der Waals surface area contributed by atoms with E-state index in [4.69, 9.17) is 0 Å². The maximum atomic E-state index is 12.7. The molecule has 0 aliphatic carbocycles. The van der Waals surface area contributed by atoms with Crippen molar-refractivity contribution in [2.45, 2.75) is 51.5 Å². The van der Waals surface area contributed by atoms with E-state index < -0.39 is 6.04 Å². The maximum Gasteiger partial charge on any atom is 0.248 e. The summed E-state index contributed by atoms with van der Waals surface area (Å²) in [6, 6.07) is 3.50. The van der Waals surface area contributed by atoms with Gasteiger partial charge in [-0.15, -0.1) is 22.7 Å². The highest BCUT2D eigenvalue weighted by Crippen LogP contribution is 2.27. The highest BCUT2D eigenvalue weighted by molar-refractivity contribution is 7.14. The fraction of sp³-hybridized carbons (Fsp3) is 0.500. The predicted octanol–water partition coefficient (Wildman–Crippen LogP) is 3.67. The lowest BCUT2D eigenvalue weighted by atomic mass is 9.93. The van der Waals surface area contributed by atoms with E-state index in [2.05, 4.69) is 31.1 Å². The van der Waals surface area contributed by atoms with Crippen molar-refractivity contribution in [3.63, 3.8) is 0 Å². The number of nitrogens with one attached hydrogen (secondary N) is 1. The first-order valence-electron chi connectivity index (χ1n) is 8.43. The van der Waals surface area contributed by atoms with Gasteiger partial charge in [0.05, 0.1) is 12.1 Å². The van der Waals surface area contributed by atoms with Crippen molar-refractivity contribution in [1.82, 2.24) is 9.88 Å². The van der Waals surface area contributed by atoms with Crippen molar-refractivity contribution < 1.29 is 9.59 Å². The van der Waals surface area contributed by atoms with Gasteiger partial charge in [0.25, 0.3) is 0 Å². The Kier molecular flexibility index (Phi) is 5.24. The lowest BCUT2D eigenvalue weighted by Gasteiger charge is -2.23.